The fourth-order valence-corrected chi connectivity index (χ4v) is 1.92. The predicted molar refractivity (Wildman–Crippen MR) is 73.2 cm³/mol. The number of hydrogen-bond acceptors (Lipinski definition) is 2. The van der Waals surface area contributed by atoms with Gasteiger partial charge in [0.15, 0.2) is 0 Å². The zero-order valence-corrected chi connectivity index (χ0v) is 11.1. The summed E-state index contributed by atoms with van der Waals surface area (Å²) in [4.78, 5) is 0. The van der Waals surface area contributed by atoms with Crippen LogP contribution in [-0.4, -0.2) is 11.1 Å². The van der Waals surface area contributed by atoms with Crippen molar-refractivity contribution in [3.05, 3.63) is 29.8 Å². The molecule has 0 heterocycles. The van der Waals surface area contributed by atoms with Crippen LogP contribution in [0.5, 0.6) is 5.75 Å². The first-order chi connectivity index (χ1) is 8.24. The number of phenolic OH excluding ortho intramolecular Hbond substituents is 1. The van der Waals surface area contributed by atoms with Crippen molar-refractivity contribution >= 4 is 0 Å². The summed E-state index contributed by atoms with van der Waals surface area (Å²) in [6, 6.07) is 8.04. The van der Waals surface area contributed by atoms with Gasteiger partial charge >= 0.3 is 0 Å². The molecule has 0 bridgehead atoms. The summed E-state index contributed by atoms with van der Waals surface area (Å²) in [5.41, 5.74) is 0.980. The molecular weight excluding hydrogens is 210 g/mol. The van der Waals surface area contributed by atoms with Gasteiger partial charge in [-0.2, -0.15) is 0 Å². The van der Waals surface area contributed by atoms with Gasteiger partial charge in [0.25, 0.3) is 0 Å². The zero-order chi connectivity index (χ0) is 12.5. The summed E-state index contributed by atoms with van der Waals surface area (Å²) < 4.78 is 0. The Labute approximate surface area is 105 Å². The summed E-state index contributed by atoms with van der Waals surface area (Å²) in [6.45, 7) is 5.20. The van der Waals surface area contributed by atoms with Gasteiger partial charge in [0.1, 0.15) is 5.75 Å². The van der Waals surface area contributed by atoms with Crippen molar-refractivity contribution in [1.29, 1.82) is 0 Å². The molecular formula is C15H25NO. The van der Waals surface area contributed by atoms with Gasteiger partial charge in [0.2, 0.25) is 0 Å². The molecule has 0 amide bonds. The molecule has 1 unspecified atom stereocenters. The lowest BCUT2D eigenvalue weighted by Gasteiger charge is -2.14. The third-order valence-corrected chi connectivity index (χ3v) is 3.12. The quantitative estimate of drug-likeness (QED) is 0.671. The first kappa shape index (κ1) is 14.0. The van der Waals surface area contributed by atoms with Crippen LogP contribution in [0.4, 0.5) is 0 Å². The van der Waals surface area contributed by atoms with Crippen LogP contribution in [0.25, 0.3) is 0 Å². The van der Waals surface area contributed by atoms with E-state index in [1.807, 2.05) is 18.2 Å². The highest BCUT2D eigenvalue weighted by atomic mass is 16.3. The van der Waals surface area contributed by atoms with Crippen LogP contribution in [0.1, 0.15) is 51.5 Å². The van der Waals surface area contributed by atoms with Crippen LogP contribution in [0.15, 0.2) is 24.3 Å². The van der Waals surface area contributed by atoms with Crippen molar-refractivity contribution in [2.75, 3.05) is 0 Å². The number of nitrogens with one attached hydrogen (secondary N) is 1. The fourth-order valence-electron chi connectivity index (χ4n) is 1.92. The second-order valence-corrected chi connectivity index (χ2v) is 4.76. The zero-order valence-electron chi connectivity index (χ0n) is 11.1. The second-order valence-electron chi connectivity index (χ2n) is 4.76. The molecule has 0 aliphatic rings. The highest BCUT2D eigenvalue weighted by molar-refractivity contribution is 5.31. The standard InChI is InChI=1S/C15H25NO/c1-3-4-5-6-9-13(2)16-12-14-10-7-8-11-15(14)17/h7-8,10-11,13,16-17H,3-6,9,12H2,1-2H3. The lowest BCUT2D eigenvalue weighted by Crippen LogP contribution is -2.25. The van der Waals surface area contributed by atoms with Crippen LogP contribution in [0, 0.1) is 0 Å². The molecule has 1 aromatic carbocycles. The lowest BCUT2D eigenvalue weighted by molar-refractivity contribution is 0.449. The van der Waals surface area contributed by atoms with Crippen molar-refractivity contribution < 1.29 is 5.11 Å². The van der Waals surface area contributed by atoms with E-state index in [-0.39, 0.29) is 0 Å². The molecule has 0 aromatic heterocycles. The molecule has 1 aromatic rings. The summed E-state index contributed by atoms with van der Waals surface area (Å²) in [6.07, 6.45) is 6.47. The van der Waals surface area contributed by atoms with Crippen LogP contribution in [0.2, 0.25) is 0 Å². The smallest absolute Gasteiger partial charge is 0.120 e. The number of benzene rings is 1. The molecule has 0 radical (unpaired) electrons. The normalized spacial score (nSPS) is 12.6. The van der Waals surface area contributed by atoms with Crippen LogP contribution >= 0.6 is 0 Å². The maximum absolute atomic E-state index is 9.63. The third kappa shape index (κ3) is 5.73. The van der Waals surface area contributed by atoms with Crippen LogP contribution < -0.4 is 5.32 Å². The highest BCUT2D eigenvalue weighted by Crippen LogP contribution is 2.15. The average molecular weight is 235 g/mol. The largest absolute Gasteiger partial charge is 0.508 e. The fraction of sp³-hybridized carbons (Fsp3) is 0.600. The van der Waals surface area contributed by atoms with Crippen LogP contribution in [-0.2, 0) is 6.54 Å². The van der Waals surface area contributed by atoms with Gasteiger partial charge in [-0.25, -0.2) is 0 Å². The summed E-state index contributed by atoms with van der Waals surface area (Å²) in [5.74, 6) is 0.387. The van der Waals surface area contributed by atoms with Gasteiger partial charge in [-0.3, -0.25) is 0 Å². The van der Waals surface area contributed by atoms with E-state index in [0.29, 0.717) is 11.8 Å². The maximum atomic E-state index is 9.63. The molecule has 0 fully saturated rings. The molecule has 96 valence electrons. The first-order valence-electron chi connectivity index (χ1n) is 6.74. The van der Waals surface area contributed by atoms with Crippen molar-refractivity contribution in [3.8, 4) is 5.75 Å². The second kappa shape index (κ2) is 8.13. The van der Waals surface area contributed by atoms with E-state index in [2.05, 4.69) is 19.2 Å². The van der Waals surface area contributed by atoms with E-state index >= 15 is 0 Å². The van der Waals surface area contributed by atoms with Crippen LogP contribution in [0.3, 0.4) is 0 Å². The predicted octanol–water partition coefficient (Wildman–Crippen LogP) is 3.84. The van der Waals surface area contributed by atoms with E-state index < -0.39 is 0 Å². The van der Waals surface area contributed by atoms with E-state index in [4.69, 9.17) is 0 Å². The van der Waals surface area contributed by atoms with Crippen molar-refractivity contribution in [2.45, 2.75) is 58.5 Å². The van der Waals surface area contributed by atoms with Gasteiger partial charge in [-0.1, -0.05) is 50.8 Å². The van der Waals surface area contributed by atoms with Gasteiger partial charge in [-0.15, -0.1) is 0 Å². The summed E-state index contributed by atoms with van der Waals surface area (Å²) >= 11 is 0. The van der Waals surface area contributed by atoms with E-state index in [1.165, 1.54) is 32.1 Å². The Morgan fingerprint density at radius 3 is 2.65 bits per heavy atom. The minimum atomic E-state index is 0.387. The minimum absolute atomic E-state index is 0.387. The topological polar surface area (TPSA) is 32.3 Å². The van der Waals surface area contributed by atoms with Crippen molar-refractivity contribution in [3.63, 3.8) is 0 Å². The Morgan fingerprint density at radius 2 is 1.94 bits per heavy atom. The van der Waals surface area contributed by atoms with Gasteiger partial charge < -0.3 is 10.4 Å². The molecule has 0 spiro atoms. The molecule has 1 rings (SSSR count). The van der Waals surface area contributed by atoms with Crippen molar-refractivity contribution in [2.24, 2.45) is 0 Å². The lowest BCUT2D eigenvalue weighted by atomic mass is 10.1. The molecule has 2 N–H and O–H groups in total. The Balaban J connectivity index is 2.19. The Kier molecular flexibility index (Phi) is 6.71. The van der Waals surface area contributed by atoms with E-state index in [0.717, 1.165) is 12.1 Å². The number of phenols is 1. The maximum Gasteiger partial charge on any atom is 0.120 e. The van der Waals surface area contributed by atoms with Gasteiger partial charge in [0.05, 0.1) is 0 Å². The SMILES string of the molecule is CCCCCCC(C)NCc1ccccc1O. The highest BCUT2D eigenvalue weighted by Gasteiger charge is 2.03. The number of rotatable bonds is 8. The number of unbranched alkanes of at least 4 members (excludes halogenated alkanes) is 3. The number of aromatic hydroxyl groups is 1. The van der Waals surface area contributed by atoms with Gasteiger partial charge in [-0.05, 0) is 19.4 Å². The van der Waals surface area contributed by atoms with Crippen molar-refractivity contribution in [1.82, 2.24) is 5.32 Å². The third-order valence-electron chi connectivity index (χ3n) is 3.12. The molecule has 1 atom stereocenters. The molecule has 2 nitrogen and oxygen atoms in total. The van der Waals surface area contributed by atoms with E-state index in [9.17, 15) is 5.11 Å². The summed E-state index contributed by atoms with van der Waals surface area (Å²) in [5, 5.41) is 13.1. The first-order valence-corrected chi connectivity index (χ1v) is 6.74. The molecule has 0 aliphatic heterocycles. The Hall–Kier alpha value is -1.02. The number of hydrogen-bond donors (Lipinski definition) is 2. The van der Waals surface area contributed by atoms with Gasteiger partial charge in [0, 0.05) is 18.2 Å². The molecule has 2 heteroatoms. The monoisotopic (exact) mass is 235 g/mol. The number of para-hydroxylation sites is 1. The molecule has 0 saturated carbocycles. The molecule has 0 saturated heterocycles. The minimum Gasteiger partial charge on any atom is -0.508 e. The Bertz CT molecular complexity index is 312. The Morgan fingerprint density at radius 1 is 1.18 bits per heavy atom. The molecule has 0 aliphatic carbocycles. The average Bonchev–Trinajstić information content (AvgIpc) is 2.34. The summed E-state index contributed by atoms with van der Waals surface area (Å²) in [7, 11) is 0. The van der Waals surface area contributed by atoms with E-state index in [1.54, 1.807) is 6.07 Å². The molecule has 17 heavy (non-hydrogen) atoms.